The van der Waals surface area contributed by atoms with Crippen molar-refractivity contribution in [2.24, 2.45) is 0 Å². The van der Waals surface area contributed by atoms with Crippen LogP contribution < -0.4 is 15.8 Å². The van der Waals surface area contributed by atoms with Crippen LogP contribution in [0.15, 0.2) is 44.9 Å². The number of nitrogens with one attached hydrogen (secondary N) is 1. The average molecular weight is 421 g/mol. The molecule has 2 aromatic heterocycles. The molecule has 3 aromatic rings. The van der Waals surface area contributed by atoms with Crippen molar-refractivity contribution in [3.05, 3.63) is 67.2 Å². The monoisotopic (exact) mass is 420 g/mol. The van der Waals surface area contributed by atoms with Crippen molar-refractivity contribution in [2.45, 2.75) is 19.5 Å². The number of ether oxygens (including phenoxy) is 1. The van der Waals surface area contributed by atoms with Crippen LogP contribution in [0.3, 0.4) is 0 Å². The molecular formula is C21H25ClN2O3S+2. The lowest BCUT2D eigenvalue weighted by atomic mass is 10.1. The number of morpholine rings is 1. The molecular weight excluding hydrogens is 396 g/mol. The largest absolute Gasteiger partial charge is 0.423 e. The minimum absolute atomic E-state index is 0.314. The van der Waals surface area contributed by atoms with Gasteiger partial charge < -0.3 is 19.4 Å². The Morgan fingerprint density at radius 3 is 2.86 bits per heavy atom. The molecule has 1 aromatic carbocycles. The van der Waals surface area contributed by atoms with Crippen LogP contribution >= 0.6 is 22.9 Å². The summed E-state index contributed by atoms with van der Waals surface area (Å²) in [6, 6.07) is 10.1. The Morgan fingerprint density at radius 2 is 2.11 bits per heavy atom. The predicted octanol–water partition coefficient (Wildman–Crippen LogP) is 1.54. The zero-order valence-corrected chi connectivity index (χ0v) is 17.4. The van der Waals surface area contributed by atoms with E-state index >= 15 is 0 Å². The summed E-state index contributed by atoms with van der Waals surface area (Å²) in [5.74, 6) is 0. The summed E-state index contributed by atoms with van der Waals surface area (Å²) in [5.41, 5.74) is 2.17. The number of thiophene rings is 1. The fourth-order valence-electron chi connectivity index (χ4n) is 3.88. The van der Waals surface area contributed by atoms with Gasteiger partial charge in [-0.05, 0) is 36.1 Å². The number of rotatable bonds is 6. The standard InChI is InChI=1S/C21H23ClN2O3S/c1-14-9-19-16(11-17(14)22)15(10-21(25)27-19)12-23-13-18(20-3-2-8-28-20)24-4-6-26-7-5-24/h2-3,8-11,18,23H,4-7,12-13H2,1H3/p+2/t18-/m0/s1. The quantitative estimate of drug-likeness (QED) is 0.595. The van der Waals surface area contributed by atoms with Crippen LogP contribution in [-0.2, 0) is 11.3 Å². The zero-order valence-electron chi connectivity index (χ0n) is 15.9. The molecule has 0 saturated carbocycles. The van der Waals surface area contributed by atoms with Crippen LogP contribution in [0.2, 0.25) is 5.02 Å². The van der Waals surface area contributed by atoms with Crippen LogP contribution in [0, 0.1) is 6.92 Å². The first-order chi connectivity index (χ1) is 13.6. The molecule has 7 heteroatoms. The second-order valence-corrected chi connectivity index (χ2v) is 8.64. The van der Waals surface area contributed by atoms with Crippen molar-refractivity contribution in [1.29, 1.82) is 0 Å². The molecule has 1 saturated heterocycles. The second-order valence-electron chi connectivity index (χ2n) is 7.26. The Bertz CT molecular complexity index is 997. The van der Waals surface area contributed by atoms with Gasteiger partial charge in [-0.15, -0.1) is 11.3 Å². The van der Waals surface area contributed by atoms with Crippen molar-refractivity contribution in [3.8, 4) is 0 Å². The number of quaternary nitrogens is 2. The lowest BCUT2D eigenvalue weighted by molar-refractivity contribution is -0.952. The third-order valence-corrected chi connectivity index (χ3v) is 6.78. The number of aryl methyl sites for hydroxylation is 1. The zero-order chi connectivity index (χ0) is 19.5. The van der Waals surface area contributed by atoms with Crippen LogP contribution in [0.4, 0.5) is 0 Å². The minimum atomic E-state index is -0.314. The Balaban J connectivity index is 1.53. The summed E-state index contributed by atoms with van der Waals surface area (Å²) >= 11 is 8.12. The fourth-order valence-corrected chi connectivity index (χ4v) is 4.94. The van der Waals surface area contributed by atoms with Crippen molar-refractivity contribution in [1.82, 2.24) is 0 Å². The second kappa shape index (κ2) is 8.76. The van der Waals surface area contributed by atoms with Gasteiger partial charge in [-0.3, -0.25) is 0 Å². The molecule has 4 rings (SSSR count). The van der Waals surface area contributed by atoms with Crippen molar-refractivity contribution in [3.63, 3.8) is 0 Å². The molecule has 3 N–H and O–H groups in total. The number of fused-ring (bicyclic) bond motifs is 1. The minimum Gasteiger partial charge on any atom is -0.423 e. The molecule has 0 radical (unpaired) electrons. The normalized spacial score (nSPS) is 16.5. The summed E-state index contributed by atoms with van der Waals surface area (Å²) in [5, 5.41) is 6.03. The smallest absolute Gasteiger partial charge is 0.336 e. The van der Waals surface area contributed by atoms with Crippen LogP contribution in [0.1, 0.15) is 22.0 Å². The SMILES string of the molecule is Cc1cc2oc(=O)cc(C[NH2+]C[C@@H](c3cccs3)[NH+]3CCOCC3)c2cc1Cl. The third kappa shape index (κ3) is 4.31. The van der Waals surface area contributed by atoms with Gasteiger partial charge in [0.15, 0.2) is 6.04 Å². The Kier molecular flexibility index (Phi) is 6.13. The van der Waals surface area contributed by atoms with E-state index in [1.165, 1.54) is 4.88 Å². The highest BCUT2D eigenvalue weighted by Crippen LogP contribution is 2.24. The number of hydrogen-bond donors (Lipinski definition) is 2. The van der Waals surface area contributed by atoms with Gasteiger partial charge >= 0.3 is 5.63 Å². The Labute approximate surface area is 172 Å². The summed E-state index contributed by atoms with van der Waals surface area (Å²) in [7, 11) is 0. The van der Waals surface area contributed by atoms with E-state index in [0.29, 0.717) is 23.2 Å². The van der Waals surface area contributed by atoms with Crippen LogP contribution in [-0.4, -0.2) is 32.8 Å². The van der Waals surface area contributed by atoms with E-state index in [0.717, 1.165) is 49.4 Å². The van der Waals surface area contributed by atoms with E-state index in [1.54, 1.807) is 11.0 Å². The maximum absolute atomic E-state index is 12.0. The molecule has 0 bridgehead atoms. The van der Waals surface area contributed by atoms with Gasteiger partial charge in [-0.2, -0.15) is 0 Å². The topological polar surface area (TPSA) is 60.5 Å². The molecule has 0 amide bonds. The molecule has 1 aliphatic rings. The van der Waals surface area contributed by atoms with E-state index in [4.69, 9.17) is 20.8 Å². The van der Waals surface area contributed by atoms with Crippen molar-refractivity contribution in [2.75, 3.05) is 32.8 Å². The molecule has 0 unspecified atom stereocenters. The van der Waals surface area contributed by atoms with Crippen molar-refractivity contribution < 1.29 is 19.4 Å². The first-order valence-electron chi connectivity index (χ1n) is 9.62. The van der Waals surface area contributed by atoms with E-state index < -0.39 is 0 Å². The van der Waals surface area contributed by atoms with Gasteiger partial charge in [0.1, 0.15) is 31.8 Å². The summed E-state index contributed by atoms with van der Waals surface area (Å²) < 4.78 is 10.9. The molecule has 0 spiro atoms. The predicted molar refractivity (Wildman–Crippen MR) is 111 cm³/mol. The maximum atomic E-state index is 12.0. The van der Waals surface area contributed by atoms with Gasteiger partial charge in [0, 0.05) is 22.0 Å². The molecule has 3 heterocycles. The molecule has 1 aliphatic heterocycles. The van der Waals surface area contributed by atoms with Crippen molar-refractivity contribution >= 4 is 33.9 Å². The molecule has 148 valence electrons. The molecule has 1 fully saturated rings. The first kappa shape index (κ1) is 19.6. The number of hydrogen-bond acceptors (Lipinski definition) is 4. The molecule has 0 aliphatic carbocycles. The van der Waals surface area contributed by atoms with E-state index in [2.05, 4.69) is 22.8 Å². The number of nitrogens with two attached hydrogens (primary N) is 1. The van der Waals surface area contributed by atoms with E-state index in [-0.39, 0.29) is 5.63 Å². The average Bonchev–Trinajstić information content (AvgIpc) is 3.21. The molecule has 1 atom stereocenters. The fraction of sp³-hybridized carbons (Fsp3) is 0.381. The summed E-state index contributed by atoms with van der Waals surface area (Å²) in [6.45, 7) is 7.28. The van der Waals surface area contributed by atoms with E-state index in [9.17, 15) is 4.79 Å². The highest BCUT2D eigenvalue weighted by atomic mass is 35.5. The van der Waals surface area contributed by atoms with Gasteiger partial charge in [-0.1, -0.05) is 17.7 Å². The highest BCUT2D eigenvalue weighted by molar-refractivity contribution is 7.10. The molecule has 28 heavy (non-hydrogen) atoms. The maximum Gasteiger partial charge on any atom is 0.336 e. The third-order valence-electron chi connectivity index (χ3n) is 5.39. The highest BCUT2D eigenvalue weighted by Gasteiger charge is 2.28. The lowest BCUT2D eigenvalue weighted by Gasteiger charge is -2.30. The number of benzene rings is 1. The van der Waals surface area contributed by atoms with Gasteiger partial charge in [0.05, 0.1) is 18.1 Å². The van der Waals surface area contributed by atoms with Crippen LogP contribution in [0.5, 0.6) is 0 Å². The summed E-state index contributed by atoms with van der Waals surface area (Å²) in [4.78, 5) is 15.0. The van der Waals surface area contributed by atoms with Gasteiger partial charge in [0.25, 0.3) is 0 Å². The lowest BCUT2D eigenvalue weighted by Crippen LogP contribution is -3.16. The van der Waals surface area contributed by atoms with E-state index in [1.807, 2.05) is 30.4 Å². The van der Waals surface area contributed by atoms with Crippen LogP contribution in [0.25, 0.3) is 11.0 Å². The van der Waals surface area contributed by atoms with Gasteiger partial charge in [-0.25, -0.2) is 4.79 Å². The van der Waals surface area contributed by atoms with Gasteiger partial charge in [0.2, 0.25) is 0 Å². The molecule has 5 nitrogen and oxygen atoms in total. The summed E-state index contributed by atoms with van der Waals surface area (Å²) in [6.07, 6.45) is 0. The first-order valence-corrected chi connectivity index (χ1v) is 10.9. The Hall–Kier alpha value is -1.70. The number of halogens is 1. The Morgan fingerprint density at radius 1 is 1.29 bits per heavy atom.